The number of nitrogens with one attached hydrogen (secondary N) is 1. The van der Waals surface area contributed by atoms with Crippen molar-refractivity contribution in [3.8, 4) is 0 Å². The smallest absolute Gasteiger partial charge is 0.0210 e. The van der Waals surface area contributed by atoms with Gasteiger partial charge in [-0.1, -0.05) is 34.1 Å². The first kappa shape index (κ1) is 15.5. The lowest BCUT2D eigenvalue weighted by atomic mass is 9.88. The minimum atomic E-state index is 0.710. The Kier molecular flexibility index (Phi) is 5.36. The monoisotopic (exact) mass is 350 g/mol. The second kappa shape index (κ2) is 7.26. The Morgan fingerprint density at radius 2 is 1.95 bits per heavy atom. The van der Waals surface area contributed by atoms with Crippen LogP contribution in [0.1, 0.15) is 44.1 Å². The van der Waals surface area contributed by atoms with E-state index in [1.165, 1.54) is 61.9 Å². The van der Waals surface area contributed by atoms with Gasteiger partial charge in [0.05, 0.1) is 0 Å². The molecule has 2 aliphatic heterocycles. The van der Waals surface area contributed by atoms with Gasteiger partial charge in [0.1, 0.15) is 0 Å². The molecule has 0 bridgehead atoms. The number of benzene rings is 1. The maximum absolute atomic E-state index is 3.71. The Balaban J connectivity index is 1.50. The molecule has 2 fully saturated rings. The molecule has 116 valence electrons. The summed E-state index contributed by atoms with van der Waals surface area (Å²) < 4.78 is 1.29. The zero-order chi connectivity index (χ0) is 14.7. The van der Waals surface area contributed by atoms with E-state index in [-0.39, 0.29) is 0 Å². The SMILES string of the molecule is CC1CC(CN2CCC(c3ccccc3Br)CC2)CCN1. The highest BCUT2D eigenvalue weighted by Gasteiger charge is 2.25. The van der Waals surface area contributed by atoms with Crippen LogP contribution in [0.25, 0.3) is 0 Å². The van der Waals surface area contributed by atoms with Gasteiger partial charge < -0.3 is 10.2 Å². The van der Waals surface area contributed by atoms with Gasteiger partial charge in [-0.2, -0.15) is 0 Å². The van der Waals surface area contributed by atoms with Crippen LogP contribution in [0.4, 0.5) is 0 Å². The van der Waals surface area contributed by atoms with E-state index >= 15 is 0 Å². The molecule has 2 nitrogen and oxygen atoms in total. The molecule has 2 saturated heterocycles. The lowest BCUT2D eigenvalue weighted by Gasteiger charge is -2.37. The highest BCUT2D eigenvalue weighted by molar-refractivity contribution is 9.10. The summed E-state index contributed by atoms with van der Waals surface area (Å²) in [6.45, 7) is 7.38. The van der Waals surface area contributed by atoms with Crippen LogP contribution in [0.5, 0.6) is 0 Å². The van der Waals surface area contributed by atoms with Crippen molar-refractivity contribution >= 4 is 15.9 Å². The van der Waals surface area contributed by atoms with E-state index in [1.54, 1.807) is 0 Å². The summed E-state index contributed by atoms with van der Waals surface area (Å²) in [5.41, 5.74) is 1.51. The van der Waals surface area contributed by atoms with Gasteiger partial charge in [-0.25, -0.2) is 0 Å². The summed E-state index contributed by atoms with van der Waals surface area (Å²) in [7, 11) is 0. The van der Waals surface area contributed by atoms with E-state index in [1.807, 2.05) is 0 Å². The second-order valence-electron chi connectivity index (χ2n) is 6.84. The molecule has 0 amide bonds. The van der Waals surface area contributed by atoms with Crippen molar-refractivity contribution in [3.05, 3.63) is 34.3 Å². The number of hydrogen-bond donors (Lipinski definition) is 1. The third-order valence-corrected chi connectivity index (χ3v) is 5.90. The third kappa shape index (κ3) is 4.08. The molecular weight excluding hydrogens is 324 g/mol. The largest absolute Gasteiger partial charge is 0.314 e. The Morgan fingerprint density at radius 1 is 1.19 bits per heavy atom. The molecule has 0 spiro atoms. The van der Waals surface area contributed by atoms with Gasteiger partial charge in [0.15, 0.2) is 0 Å². The van der Waals surface area contributed by atoms with E-state index in [2.05, 4.69) is 57.3 Å². The third-order valence-electron chi connectivity index (χ3n) is 5.18. The van der Waals surface area contributed by atoms with Crippen LogP contribution >= 0.6 is 15.9 Å². The van der Waals surface area contributed by atoms with Gasteiger partial charge in [0.25, 0.3) is 0 Å². The Labute approximate surface area is 137 Å². The van der Waals surface area contributed by atoms with Gasteiger partial charge in [-0.3, -0.25) is 0 Å². The number of piperidine rings is 2. The standard InChI is InChI=1S/C18H27BrN2/c1-14-12-15(6-9-20-14)13-21-10-7-16(8-11-21)17-4-2-3-5-18(17)19/h2-5,14-16,20H,6-13H2,1H3. The lowest BCUT2D eigenvalue weighted by Crippen LogP contribution is -2.42. The molecule has 3 heteroatoms. The number of hydrogen-bond acceptors (Lipinski definition) is 2. The number of halogens is 1. The molecule has 21 heavy (non-hydrogen) atoms. The van der Waals surface area contributed by atoms with Gasteiger partial charge >= 0.3 is 0 Å². The molecular formula is C18H27BrN2. The Hall–Kier alpha value is -0.380. The number of nitrogens with zero attached hydrogens (tertiary/aromatic N) is 1. The average Bonchev–Trinajstić information content (AvgIpc) is 2.49. The molecule has 0 radical (unpaired) electrons. The van der Waals surface area contributed by atoms with Crippen molar-refractivity contribution in [2.45, 2.75) is 44.6 Å². The summed E-state index contributed by atoms with van der Waals surface area (Å²) in [6.07, 6.45) is 5.32. The summed E-state index contributed by atoms with van der Waals surface area (Å²) in [4.78, 5) is 2.70. The fourth-order valence-corrected chi connectivity index (χ4v) is 4.61. The zero-order valence-corrected chi connectivity index (χ0v) is 14.6. The first-order chi connectivity index (χ1) is 10.2. The van der Waals surface area contributed by atoms with Crippen molar-refractivity contribution < 1.29 is 0 Å². The molecule has 2 unspecified atom stereocenters. The fraction of sp³-hybridized carbons (Fsp3) is 0.667. The average molecular weight is 351 g/mol. The fourth-order valence-electron chi connectivity index (χ4n) is 4.00. The lowest BCUT2D eigenvalue weighted by molar-refractivity contribution is 0.158. The van der Waals surface area contributed by atoms with Crippen LogP contribution in [-0.4, -0.2) is 37.1 Å². The van der Waals surface area contributed by atoms with E-state index in [4.69, 9.17) is 0 Å². The van der Waals surface area contributed by atoms with E-state index in [0.717, 1.165) is 11.8 Å². The van der Waals surface area contributed by atoms with E-state index < -0.39 is 0 Å². The van der Waals surface area contributed by atoms with Crippen LogP contribution < -0.4 is 5.32 Å². The van der Waals surface area contributed by atoms with Crippen molar-refractivity contribution in [2.24, 2.45) is 5.92 Å². The normalized spacial score (nSPS) is 28.7. The van der Waals surface area contributed by atoms with Crippen LogP contribution in [0.2, 0.25) is 0 Å². The van der Waals surface area contributed by atoms with Gasteiger partial charge in [0, 0.05) is 17.1 Å². The topological polar surface area (TPSA) is 15.3 Å². The summed E-state index contributed by atoms with van der Waals surface area (Å²) >= 11 is 3.71. The molecule has 0 aliphatic carbocycles. The Morgan fingerprint density at radius 3 is 2.67 bits per heavy atom. The predicted octanol–water partition coefficient (Wildman–Crippen LogP) is 4.02. The minimum Gasteiger partial charge on any atom is -0.314 e. The van der Waals surface area contributed by atoms with Crippen molar-refractivity contribution in [3.63, 3.8) is 0 Å². The van der Waals surface area contributed by atoms with Crippen molar-refractivity contribution in [1.82, 2.24) is 10.2 Å². The van der Waals surface area contributed by atoms with Gasteiger partial charge in [-0.05, 0) is 75.7 Å². The van der Waals surface area contributed by atoms with Crippen molar-refractivity contribution in [2.75, 3.05) is 26.2 Å². The molecule has 0 saturated carbocycles. The highest BCUT2D eigenvalue weighted by atomic mass is 79.9. The van der Waals surface area contributed by atoms with E-state index in [9.17, 15) is 0 Å². The number of rotatable bonds is 3. The second-order valence-corrected chi connectivity index (χ2v) is 7.70. The van der Waals surface area contributed by atoms with Crippen LogP contribution in [0.15, 0.2) is 28.7 Å². The quantitative estimate of drug-likeness (QED) is 0.885. The van der Waals surface area contributed by atoms with Crippen LogP contribution in [-0.2, 0) is 0 Å². The summed E-state index contributed by atoms with van der Waals surface area (Å²) in [6, 6.07) is 9.46. The Bertz CT molecular complexity index is 454. The minimum absolute atomic E-state index is 0.710. The molecule has 2 heterocycles. The first-order valence-electron chi connectivity index (χ1n) is 8.42. The molecule has 3 rings (SSSR count). The van der Waals surface area contributed by atoms with Crippen LogP contribution in [0, 0.1) is 5.92 Å². The summed E-state index contributed by atoms with van der Waals surface area (Å²) in [5.74, 6) is 1.64. The molecule has 2 atom stereocenters. The molecule has 1 aromatic rings. The van der Waals surface area contributed by atoms with Gasteiger partial charge in [0.2, 0.25) is 0 Å². The zero-order valence-electron chi connectivity index (χ0n) is 13.0. The highest BCUT2D eigenvalue weighted by Crippen LogP contribution is 2.33. The number of likely N-dealkylation sites (tertiary alicyclic amines) is 1. The maximum Gasteiger partial charge on any atom is 0.0210 e. The summed E-state index contributed by atoms with van der Waals surface area (Å²) in [5, 5.41) is 3.56. The molecule has 0 aromatic heterocycles. The van der Waals surface area contributed by atoms with Gasteiger partial charge in [-0.15, -0.1) is 0 Å². The predicted molar refractivity (Wildman–Crippen MR) is 92.7 cm³/mol. The molecule has 2 aliphatic rings. The maximum atomic E-state index is 3.71. The van der Waals surface area contributed by atoms with Crippen molar-refractivity contribution in [1.29, 1.82) is 0 Å². The van der Waals surface area contributed by atoms with E-state index in [0.29, 0.717) is 6.04 Å². The molecule has 1 N–H and O–H groups in total. The molecule has 1 aromatic carbocycles. The first-order valence-corrected chi connectivity index (χ1v) is 9.22. The van der Waals surface area contributed by atoms with Crippen LogP contribution in [0.3, 0.4) is 0 Å².